The van der Waals surface area contributed by atoms with E-state index in [1.165, 1.54) is 65.9 Å². The van der Waals surface area contributed by atoms with Gasteiger partial charge in [0.15, 0.2) is 0 Å². The molecule has 1 heterocycles. The molecule has 4 aromatic carbocycles. The first-order valence-electron chi connectivity index (χ1n) is 11.5. The van der Waals surface area contributed by atoms with Crippen molar-refractivity contribution in [3.63, 3.8) is 0 Å². The van der Waals surface area contributed by atoms with E-state index in [0.29, 0.717) is 0 Å². The van der Waals surface area contributed by atoms with E-state index in [1.54, 1.807) is 5.57 Å². The molecule has 0 radical (unpaired) electrons. The van der Waals surface area contributed by atoms with Gasteiger partial charge in [-0.3, -0.25) is 0 Å². The third-order valence-corrected chi connectivity index (χ3v) is 8.71. The van der Waals surface area contributed by atoms with Crippen LogP contribution in [0.15, 0.2) is 100 Å². The lowest BCUT2D eigenvalue weighted by Gasteiger charge is -2.25. The van der Waals surface area contributed by atoms with Crippen LogP contribution in [0.5, 0.6) is 0 Å². The summed E-state index contributed by atoms with van der Waals surface area (Å²) in [5.74, 6) is 0. The summed E-state index contributed by atoms with van der Waals surface area (Å²) in [5, 5.41) is 2.72. The molecule has 3 aliphatic rings. The second-order valence-electron chi connectivity index (χ2n) is 9.69. The van der Waals surface area contributed by atoms with E-state index in [1.807, 2.05) is 11.8 Å². The SMILES string of the molecule is CC1(C)C2=C(C=CCC2)c2cc(-c3cc4c5c(cccc5c3)Sc3ccccc3-4)ccc21. The van der Waals surface area contributed by atoms with E-state index in [2.05, 4.69) is 98.8 Å². The second kappa shape index (κ2) is 6.49. The van der Waals surface area contributed by atoms with E-state index >= 15 is 0 Å². The van der Waals surface area contributed by atoms with Crippen LogP contribution in [0, 0.1) is 0 Å². The Morgan fingerprint density at radius 3 is 2.53 bits per heavy atom. The molecular weight excluding hydrogens is 404 g/mol. The van der Waals surface area contributed by atoms with Crippen LogP contribution in [0.1, 0.15) is 37.8 Å². The quantitative estimate of drug-likeness (QED) is 0.257. The summed E-state index contributed by atoms with van der Waals surface area (Å²) in [6.07, 6.45) is 7.05. The smallest absolute Gasteiger partial charge is 0.0207 e. The summed E-state index contributed by atoms with van der Waals surface area (Å²) in [5.41, 5.74) is 11.4. The topological polar surface area (TPSA) is 0 Å². The summed E-state index contributed by atoms with van der Waals surface area (Å²) >= 11 is 1.89. The van der Waals surface area contributed by atoms with Crippen LogP contribution >= 0.6 is 11.8 Å². The molecule has 0 unspecified atom stereocenters. The van der Waals surface area contributed by atoms with Gasteiger partial charge < -0.3 is 0 Å². The highest BCUT2D eigenvalue weighted by molar-refractivity contribution is 7.99. The van der Waals surface area contributed by atoms with Gasteiger partial charge in [-0.2, -0.15) is 0 Å². The zero-order valence-corrected chi connectivity index (χ0v) is 19.2. The molecule has 0 spiro atoms. The van der Waals surface area contributed by atoms with Crippen molar-refractivity contribution in [3.05, 3.63) is 102 Å². The first kappa shape index (κ1) is 18.5. The van der Waals surface area contributed by atoms with Crippen molar-refractivity contribution < 1.29 is 0 Å². The molecule has 0 fully saturated rings. The average Bonchev–Trinajstić information content (AvgIpc) is 3.06. The molecule has 0 amide bonds. The molecule has 0 N–H and O–H groups in total. The molecule has 0 nitrogen and oxygen atoms in total. The number of fused-ring (bicyclic) bond motifs is 4. The van der Waals surface area contributed by atoms with E-state index in [9.17, 15) is 0 Å². The maximum atomic E-state index is 2.44. The van der Waals surface area contributed by atoms with Crippen molar-refractivity contribution in [1.82, 2.24) is 0 Å². The maximum Gasteiger partial charge on any atom is 0.0207 e. The highest BCUT2D eigenvalue weighted by atomic mass is 32.2. The van der Waals surface area contributed by atoms with Crippen LogP contribution in [-0.4, -0.2) is 0 Å². The molecule has 1 heteroatoms. The number of rotatable bonds is 1. The minimum atomic E-state index is 0.133. The Balaban J connectivity index is 1.47. The van der Waals surface area contributed by atoms with Gasteiger partial charge in [-0.1, -0.05) is 85.8 Å². The predicted octanol–water partition coefficient (Wildman–Crippen LogP) is 9.03. The van der Waals surface area contributed by atoms with Gasteiger partial charge in [-0.25, -0.2) is 0 Å². The third-order valence-electron chi connectivity index (χ3n) is 7.58. The maximum absolute atomic E-state index is 2.44. The fraction of sp³-hybridized carbons (Fsp3) is 0.161. The lowest BCUT2D eigenvalue weighted by Crippen LogP contribution is -2.17. The Bertz CT molecular complexity index is 1510. The van der Waals surface area contributed by atoms with Gasteiger partial charge in [0, 0.05) is 20.6 Å². The van der Waals surface area contributed by atoms with Crippen molar-refractivity contribution in [1.29, 1.82) is 0 Å². The third kappa shape index (κ3) is 2.46. The molecule has 0 saturated heterocycles. The number of benzene rings is 4. The van der Waals surface area contributed by atoms with Crippen LogP contribution in [0.4, 0.5) is 0 Å². The summed E-state index contributed by atoms with van der Waals surface area (Å²) in [7, 11) is 0. The minimum Gasteiger partial charge on any atom is -0.0888 e. The molecule has 2 aliphatic carbocycles. The fourth-order valence-electron chi connectivity index (χ4n) is 5.97. The van der Waals surface area contributed by atoms with E-state index < -0.39 is 0 Å². The molecule has 1 aliphatic heterocycles. The van der Waals surface area contributed by atoms with Crippen molar-refractivity contribution in [2.45, 2.75) is 41.9 Å². The van der Waals surface area contributed by atoms with Crippen molar-refractivity contribution >= 4 is 28.1 Å². The fourth-order valence-corrected chi connectivity index (χ4v) is 7.12. The molecule has 0 saturated carbocycles. The normalized spacial score (nSPS) is 17.3. The number of hydrogen-bond acceptors (Lipinski definition) is 1. The van der Waals surface area contributed by atoms with E-state index in [4.69, 9.17) is 0 Å². The summed E-state index contributed by atoms with van der Waals surface area (Å²) in [6, 6.07) is 27.5. The van der Waals surface area contributed by atoms with Crippen LogP contribution in [0.2, 0.25) is 0 Å². The van der Waals surface area contributed by atoms with Crippen LogP contribution < -0.4 is 0 Å². The van der Waals surface area contributed by atoms with Gasteiger partial charge >= 0.3 is 0 Å². The van der Waals surface area contributed by atoms with Crippen molar-refractivity contribution in [3.8, 4) is 22.3 Å². The molecule has 0 aromatic heterocycles. The first-order valence-corrected chi connectivity index (χ1v) is 12.3. The standard InChI is InChI=1S/C31H24S/c1-31(2)26-11-5-3-9-22(26)24-17-19(14-15-27(24)31)21-16-20-8-7-13-29-30(20)25(18-21)23-10-4-6-12-28(23)32-29/h3-4,6-10,12-18H,5,11H2,1-2H3. The summed E-state index contributed by atoms with van der Waals surface area (Å²) in [4.78, 5) is 2.71. The number of hydrogen-bond donors (Lipinski definition) is 0. The number of allylic oxidation sites excluding steroid dienone is 4. The van der Waals surface area contributed by atoms with Gasteiger partial charge in [-0.05, 0) is 87.5 Å². The van der Waals surface area contributed by atoms with Gasteiger partial charge in [0.2, 0.25) is 0 Å². The largest absolute Gasteiger partial charge is 0.0888 e. The second-order valence-corrected chi connectivity index (χ2v) is 10.8. The molecule has 154 valence electrons. The molecule has 4 aromatic rings. The van der Waals surface area contributed by atoms with Crippen molar-refractivity contribution in [2.75, 3.05) is 0 Å². The first-order chi connectivity index (χ1) is 15.6. The monoisotopic (exact) mass is 428 g/mol. The lowest BCUT2D eigenvalue weighted by atomic mass is 9.78. The van der Waals surface area contributed by atoms with Gasteiger partial charge in [0.25, 0.3) is 0 Å². The van der Waals surface area contributed by atoms with E-state index in [-0.39, 0.29) is 5.41 Å². The van der Waals surface area contributed by atoms with Crippen LogP contribution in [-0.2, 0) is 5.41 Å². The summed E-state index contributed by atoms with van der Waals surface area (Å²) < 4.78 is 0. The zero-order valence-electron chi connectivity index (χ0n) is 18.4. The lowest BCUT2D eigenvalue weighted by molar-refractivity contribution is 0.607. The molecule has 32 heavy (non-hydrogen) atoms. The molecule has 7 rings (SSSR count). The zero-order chi connectivity index (χ0) is 21.4. The van der Waals surface area contributed by atoms with E-state index in [0.717, 1.165) is 6.42 Å². The molecule has 0 atom stereocenters. The Morgan fingerprint density at radius 1 is 0.750 bits per heavy atom. The Morgan fingerprint density at radius 2 is 1.59 bits per heavy atom. The van der Waals surface area contributed by atoms with Crippen LogP contribution in [0.3, 0.4) is 0 Å². The van der Waals surface area contributed by atoms with Gasteiger partial charge in [0.05, 0.1) is 0 Å². The highest BCUT2D eigenvalue weighted by Gasteiger charge is 2.37. The molecular formula is C31H24S. The molecule has 0 bridgehead atoms. The predicted molar refractivity (Wildman–Crippen MR) is 137 cm³/mol. The summed E-state index contributed by atoms with van der Waals surface area (Å²) in [6.45, 7) is 4.78. The van der Waals surface area contributed by atoms with Gasteiger partial charge in [0.1, 0.15) is 0 Å². The van der Waals surface area contributed by atoms with Gasteiger partial charge in [-0.15, -0.1) is 0 Å². The minimum absolute atomic E-state index is 0.133. The Kier molecular flexibility index (Phi) is 3.76. The van der Waals surface area contributed by atoms with Crippen LogP contribution in [0.25, 0.3) is 38.6 Å². The Hall–Kier alpha value is -3.03. The van der Waals surface area contributed by atoms with Crippen molar-refractivity contribution in [2.24, 2.45) is 0 Å². The Labute approximate surface area is 193 Å². The highest BCUT2D eigenvalue weighted by Crippen LogP contribution is 2.52. The average molecular weight is 429 g/mol.